The van der Waals surface area contributed by atoms with Gasteiger partial charge in [0.25, 0.3) is 5.91 Å². The molecule has 0 saturated carbocycles. The molecule has 3 aliphatic rings. The zero-order valence-electron chi connectivity index (χ0n) is 14.2. The number of hydrogen-bond acceptors (Lipinski definition) is 6. The minimum absolute atomic E-state index is 0.0203. The van der Waals surface area contributed by atoms with Crippen LogP contribution in [-0.2, 0) is 4.74 Å². The molecule has 7 heteroatoms. The van der Waals surface area contributed by atoms with Crippen LogP contribution in [-0.4, -0.2) is 79.1 Å². The molecule has 0 aliphatic carbocycles. The van der Waals surface area contributed by atoms with Gasteiger partial charge in [0, 0.05) is 37.8 Å². The smallest absolute Gasteiger partial charge is 0.253 e. The number of fused-ring (bicyclic) bond motifs is 1. The number of carbonyl (C=O) groups is 1. The van der Waals surface area contributed by atoms with Crippen molar-refractivity contribution in [3.8, 4) is 11.5 Å². The van der Waals surface area contributed by atoms with E-state index in [4.69, 9.17) is 14.2 Å². The second-order valence-electron chi connectivity index (χ2n) is 6.72. The zero-order chi connectivity index (χ0) is 17.2. The number of ether oxygens (including phenoxy) is 3. The predicted octanol–water partition coefficient (Wildman–Crippen LogP) is 0.713. The molecule has 2 saturated heterocycles. The van der Waals surface area contributed by atoms with Gasteiger partial charge < -0.3 is 24.2 Å². The minimum atomic E-state index is -0.410. The van der Waals surface area contributed by atoms with Crippen LogP contribution in [0.3, 0.4) is 0 Å². The number of rotatable bonds is 2. The van der Waals surface area contributed by atoms with Crippen LogP contribution in [0.4, 0.5) is 0 Å². The normalized spacial score (nSPS) is 27.2. The van der Waals surface area contributed by atoms with Crippen LogP contribution in [0.25, 0.3) is 0 Å². The lowest BCUT2D eigenvalue weighted by molar-refractivity contribution is -0.0222. The van der Waals surface area contributed by atoms with Crippen LogP contribution >= 0.6 is 0 Å². The van der Waals surface area contributed by atoms with Crippen molar-refractivity contribution in [1.82, 2.24) is 9.80 Å². The average Bonchev–Trinajstić information content (AvgIpc) is 3.03. The number of carbonyl (C=O) groups excluding carboxylic acids is 1. The van der Waals surface area contributed by atoms with Gasteiger partial charge in [-0.25, -0.2) is 0 Å². The van der Waals surface area contributed by atoms with E-state index in [-0.39, 0.29) is 18.7 Å². The minimum Gasteiger partial charge on any atom is -0.454 e. The molecule has 25 heavy (non-hydrogen) atoms. The van der Waals surface area contributed by atoms with Crippen LogP contribution in [0.1, 0.15) is 23.2 Å². The quantitative estimate of drug-likeness (QED) is 0.849. The number of nitrogens with zero attached hydrogens (tertiary/aromatic N) is 2. The fourth-order valence-electron chi connectivity index (χ4n) is 3.82. The molecule has 0 radical (unpaired) electrons. The summed E-state index contributed by atoms with van der Waals surface area (Å²) in [6.07, 6.45) is 0.961. The Kier molecular flexibility index (Phi) is 4.78. The Morgan fingerprint density at radius 1 is 1.04 bits per heavy atom. The summed E-state index contributed by atoms with van der Waals surface area (Å²) < 4.78 is 16.1. The first-order valence-electron chi connectivity index (χ1n) is 8.91. The fourth-order valence-corrected chi connectivity index (χ4v) is 3.82. The third kappa shape index (κ3) is 3.44. The number of benzene rings is 1. The first-order valence-corrected chi connectivity index (χ1v) is 8.91. The fraction of sp³-hybridized carbons (Fsp3) is 0.611. The Morgan fingerprint density at radius 3 is 2.64 bits per heavy atom. The lowest BCUT2D eigenvalue weighted by Crippen LogP contribution is -2.49. The molecule has 0 spiro atoms. The summed E-state index contributed by atoms with van der Waals surface area (Å²) in [6, 6.07) is 5.39. The highest BCUT2D eigenvalue weighted by Crippen LogP contribution is 2.33. The van der Waals surface area contributed by atoms with E-state index in [9.17, 15) is 9.90 Å². The summed E-state index contributed by atoms with van der Waals surface area (Å²) >= 11 is 0. The lowest BCUT2D eigenvalue weighted by Gasteiger charge is -2.36. The molecular formula is C18H24N2O5. The average molecular weight is 348 g/mol. The number of hydrogen-bond donors (Lipinski definition) is 1. The van der Waals surface area contributed by atoms with E-state index >= 15 is 0 Å². The lowest BCUT2D eigenvalue weighted by atomic mass is 10.0. The van der Waals surface area contributed by atoms with Gasteiger partial charge in [0.05, 0.1) is 19.3 Å². The van der Waals surface area contributed by atoms with Crippen molar-refractivity contribution in [2.45, 2.75) is 25.0 Å². The van der Waals surface area contributed by atoms with Crippen LogP contribution < -0.4 is 9.47 Å². The second kappa shape index (κ2) is 7.19. The van der Waals surface area contributed by atoms with E-state index in [1.807, 2.05) is 4.90 Å². The van der Waals surface area contributed by atoms with Crippen molar-refractivity contribution in [3.63, 3.8) is 0 Å². The molecule has 1 N–H and O–H groups in total. The van der Waals surface area contributed by atoms with Crippen molar-refractivity contribution in [2.75, 3.05) is 46.2 Å². The monoisotopic (exact) mass is 348 g/mol. The van der Waals surface area contributed by atoms with Gasteiger partial charge >= 0.3 is 0 Å². The number of likely N-dealkylation sites (tertiary alicyclic amines) is 1. The first-order chi connectivity index (χ1) is 12.2. The van der Waals surface area contributed by atoms with Gasteiger partial charge in [-0.05, 0) is 31.0 Å². The Labute approximate surface area is 147 Å². The molecule has 3 aliphatic heterocycles. The van der Waals surface area contributed by atoms with Crippen molar-refractivity contribution in [2.24, 2.45) is 0 Å². The van der Waals surface area contributed by atoms with Crippen molar-refractivity contribution < 1.29 is 24.1 Å². The summed E-state index contributed by atoms with van der Waals surface area (Å²) in [7, 11) is 0. The van der Waals surface area contributed by atoms with Gasteiger partial charge in [0.15, 0.2) is 11.5 Å². The summed E-state index contributed by atoms with van der Waals surface area (Å²) in [6.45, 7) is 4.52. The highest BCUT2D eigenvalue weighted by atomic mass is 16.7. The highest BCUT2D eigenvalue weighted by molar-refractivity contribution is 5.95. The third-order valence-corrected chi connectivity index (χ3v) is 5.26. The van der Waals surface area contributed by atoms with Crippen LogP contribution in [0, 0.1) is 0 Å². The molecule has 1 aromatic rings. The molecule has 4 rings (SSSR count). The van der Waals surface area contributed by atoms with E-state index in [0.29, 0.717) is 49.8 Å². The van der Waals surface area contributed by atoms with E-state index < -0.39 is 6.10 Å². The number of amides is 1. The van der Waals surface area contributed by atoms with Gasteiger partial charge in [-0.2, -0.15) is 0 Å². The molecule has 2 fully saturated rings. The molecule has 0 bridgehead atoms. The Hall–Kier alpha value is -1.83. The van der Waals surface area contributed by atoms with Gasteiger partial charge in [0.1, 0.15) is 0 Å². The molecule has 1 amide bonds. The molecule has 1 aromatic carbocycles. The van der Waals surface area contributed by atoms with Gasteiger partial charge in [-0.15, -0.1) is 0 Å². The maximum Gasteiger partial charge on any atom is 0.253 e. The molecular weight excluding hydrogens is 324 g/mol. The molecule has 0 aromatic heterocycles. The van der Waals surface area contributed by atoms with Crippen LogP contribution in [0.15, 0.2) is 18.2 Å². The highest BCUT2D eigenvalue weighted by Gasteiger charge is 2.32. The van der Waals surface area contributed by atoms with Gasteiger partial charge in [-0.3, -0.25) is 9.69 Å². The largest absolute Gasteiger partial charge is 0.454 e. The van der Waals surface area contributed by atoms with Crippen molar-refractivity contribution in [3.05, 3.63) is 23.8 Å². The summed E-state index contributed by atoms with van der Waals surface area (Å²) in [5.41, 5.74) is 0.601. The van der Waals surface area contributed by atoms with E-state index in [1.54, 1.807) is 18.2 Å². The SMILES string of the molecule is O=C(c1ccc2c(c1)OCO2)N1CC[C@H](O)[C@@H](N2CCOCC2)CC1. The number of aliphatic hydroxyl groups excluding tert-OH is 1. The molecule has 3 heterocycles. The summed E-state index contributed by atoms with van der Waals surface area (Å²) in [5, 5.41) is 10.5. The summed E-state index contributed by atoms with van der Waals surface area (Å²) in [4.78, 5) is 17.0. The third-order valence-electron chi connectivity index (χ3n) is 5.26. The van der Waals surface area contributed by atoms with Crippen molar-refractivity contribution in [1.29, 1.82) is 0 Å². The molecule has 2 atom stereocenters. The van der Waals surface area contributed by atoms with Crippen molar-refractivity contribution >= 4 is 5.91 Å². The Bertz CT molecular complexity index is 632. The van der Waals surface area contributed by atoms with E-state index in [2.05, 4.69) is 4.90 Å². The Balaban J connectivity index is 1.43. The summed E-state index contributed by atoms with van der Waals surface area (Å²) in [5.74, 6) is 1.27. The van der Waals surface area contributed by atoms with Crippen LogP contribution in [0.2, 0.25) is 0 Å². The molecule has 7 nitrogen and oxygen atoms in total. The maximum atomic E-state index is 12.9. The second-order valence-corrected chi connectivity index (χ2v) is 6.72. The maximum absolute atomic E-state index is 12.9. The van der Waals surface area contributed by atoms with Gasteiger partial charge in [-0.1, -0.05) is 0 Å². The predicted molar refractivity (Wildman–Crippen MR) is 89.9 cm³/mol. The zero-order valence-corrected chi connectivity index (χ0v) is 14.2. The standard InChI is InChI=1S/C18H24N2O5/c21-15-4-6-20(5-3-14(15)19-7-9-23-10-8-19)18(22)13-1-2-16-17(11-13)25-12-24-16/h1-2,11,14-15,21H,3-10,12H2/t14-,15-/m0/s1. The van der Waals surface area contributed by atoms with E-state index in [0.717, 1.165) is 19.5 Å². The molecule has 0 unspecified atom stereocenters. The van der Waals surface area contributed by atoms with Gasteiger partial charge in [0.2, 0.25) is 6.79 Å². The Morgan fingerprint density at radius 2 is 1.80 bits per heavy atom. The van der Waals surface area contributed by atoms with E-state index in [1.165, 1.54) is 0 Å². The topological polar surface area (TPSA) is 71.5 Å². The van der Waals surface area contributed by atoms with Crippen LogP contribution in [0.5, 0.6) is 11.5 Å². The first kappa shape index (κ1) is 16.6. The number of morpholine rings is 1. The molecule has 136 valence electrons. The number of aliphatic hydroxyl groups is 1.